The number of aromatic nitrogens is 1. The Morgan fingerprint density at radius 2 is 1.84 bits per heavy atom. The second-order valence-corrected chi connectivity index (χ2v) is 11.0. The maximum Gasteiger partial charge on any atom is 0.224 e. The molecule has 0 saturated carbocycles. The van der Waals surface area contributed by atoms with Gasteiger partial charge in [-0.1, -0.05) is 11.3 Å². The minimum atomic E-state index is -3.55. The van der Waals surface area contributed by atoms with Crippen LogP contribution in [0.2, 0.25) is 0 Å². The predicted molar refractivity (Wildman–Crippen MR) is 126 cm³/mol. The first-order valence-electron chi connectivity index (χ1n) is 10.4. The van der Waals surface area contributed by atoms with Crippen LogP contribution in [0.4, 0.5) is 15.2 Å². The summed E-state index contributed by atoms with van der Waals surface area (Å²) in [6.07, 6.45) is 0.260. The summed E-state index contributed by atoms with van der Waals surface area (Å²) in [7, 11) is -1.43. The van der Waals surface area contributed by atoms with Crippen LogP contribution in [0.5, 0.6) is 0 Å². The third kappa shape index (κ3) is 5.43. The number of sulfone groups is 1. The van der Waals surface area contributed by atoms with E-state index in [1.54, 1.807) is 11.3 Å². The molecule has 32 heavy (non-hydrogen) atoms. The number of carbonyl (C=O) groups excluding carboxylic acids is 1. The molecular formula is C22H25FN4O3S2. The van der Waals surface area contributed by atoms with E-state index in [1.807, 2.05) is 18.2 Å². The Morgan fingerprint density at radius 3 is 2.56 bits per heavy atom. The molecule has 1 aliphatic rings. The minimum Gasteiger partial charge on any atom is -0.345 e. The summed E-state index contributed by atoms with van der Waals surface area (Å²) in [6, 6.07) is 10.3. The topological polar surface area (TPSA) is 82.6 Å². The highest BCUT2D eigenvalue weighted by atomic mass is 32.2. The molecule has 3 aromatic rings. The van der Waals surface area contributed by atoms with Crippen LogP contribution in [-0.2, 0) is 14.6 Å². The van der Waals surface area contributed by atoms with Crippen molar-refractivity contribution in [1.82, 2.24) is 9.88 Å². The van der Waals surface area contributed by atoms with E-state index in [0.29, 0.717) is 5.69 Å². The molecule has 1 amide bonds. The number of halogens is 1. The number of amides is 1. The van der Waals surface area contributed by atoms with Crippen LogP contribution in [-0.4, -0.2) is 63.2 Å². The Bertz CT molecular complexity index is 1200. The molecule has 1 fully saturated rings. The zero-order chi connectivity index (χ0) is 22.7. The van der Waals surface area contributed by atoms with Gasteiger partial charge in [-0.15, -0.1) is 0 Å². The number of piperazine rings is 1. The summed E-state index contributed by atoms with van der Waals surface area (Å²) in [6.45, 7) is 3.91. The van der Waals surface area contributed by atoms with Gasteiger partial charge in [0, 0.05) is 38.3 Å². The molecule has 0 bridgehead atoms. The Hall–Kier alpha value is -2.56. The Kier molecular flexibility index (Phi) is 6.73. The summed E-state index contributed by atoms with van der Waals surface area (Å²) in [5.41, 5.74) is 1.56. The molecule has 0 atom stereocenters. The van der Waals surface area contributed by atoms with Crippen LogP contribution >= 0.6 is 11.3 Å². The molecule has 170 valence electrons. The monoisotopic (exact) mass is 476 g/mol. The Morgan fingerprint density at radius 1 is 1.12 bits per heavy atom. The van der Waals surface area contributed by atoms with Crippen LogP contribution in [0, 0.1) is 5.82 Å². The molecule has 0 radical (unpaired) electrons. The average Bonchev–Trinajstić information content (AvgIpc) is 3.18. The quantitative estimate of drug-likeness (QED) is 0.527. The Labute approximate surface area is 190 Å². The molecule has 7 nitrogen and oxygen atoms in total. The molecule has 10 heteroatoms. The van der Waals surface area contributed by atoms with Gasteiger partial charge in [0.1, 0.15) is 5.82 Å². The number of anilines is 2. The molecule has 2 heterocycles. The average molecular weight is 477 g/mol. The lowest BCUT2D eigenvalue weighted by molar-refractivity contribution is -0.116. The van der Waals surface area contributed by atoms with E-state index in [0.717, 1.165) is 53.7 Å². The van der Waals surface area contributed by atoms with Gasteiger partial charge in [-0.2, -0.15) is 0 Å². The third-order valence-corrected chi connectivity index (χ3v) is 8.32. The number of fused-ring (bicyclic) bond motifs is 1. The zero-order valence-electron chi connectivity index (χ0n) is 17.8. The second kappa shape index (κ2) is 9.51. The van der Waals surface area contributed by atoms with Crippen LogP contribution in [0.3, 0.4) is 0 Å². The van der Waals surface area contributed by atoms with Crippen LogP contribution < -0.4 is 10.2 Å². The van der Waals surface area contributed by atoms with Crippen molar-refractivity contribution in [2.45, 2.75) is 17.7 Å². The lowest BCUT2D eigenvalue weighted by Gasteiger charge is -2.31. The number of hydrogen-bond donors (Lipinski definition) is 1. The largest absolute Gasteiger partial charge is 0.345 e. The lowest BCUT2D eigenvalue weighted by atomic mass is 10.2. The maximum absolute atomic E-state index is 13.0. The van der Waals surface area contributed by atoms with Gasteiger partial charge in [0.2, 0.25) is 5.91 Å². The van der Waals surface area contributed by atoms with Crippen molar-refractivity contribution in [1.29, 1.82) is 0 Å². The van der Waals surface area contributed by atoms with Gasteiger partial charge >= 0.3 is 0 Å². The normalized spacial score (nSPS) is 15.2. The van der Waals surface area contributed by atoms with Gasteiger partial charge in [0.15, 0.2) is 15.0 Å². The molecule has 0 unspecified atom stereocenters. The SMILES string of the molecule is CN1CCN(c2nc3ccc(NC(=O)CCCS(=O)(=O)c4ccc(F)cc4)cc3s2)CC1. The predicted octanol–water partition coefficient (Wildman–Crippen LogP) is 3.38. The van der Waals surface area contributed by atoms with Crippen molar-refractivity contribution in [3.05, 3.63) is 48.3 Å². The van der Waals surface area contributed by atoms with Gasteiger partial charge in [-0.3, -0.25) is 4.79 Å². The molecule has 1 aromatic heterocycles. The summed E-state index contributed by atoms with van der Waals surface area (Å²) >= 11 is 1.61. The summed E-state index contributed by atoms with van der Waals surface area (Å²) in [4.78, 5) is 21.7. The molecule has 1 saturated heterocycles. The third-order valence-electron chi connectivity index (χ3n) is 5.42. The number of nitrogens with one attached hydrogen (secondary N) is 1. The summed E-state index contributed by atoms with van der Waals surface area (Å²) < 4.78 is 38.6. The van der Waals surface area contributed by atoms with Gasteiger partial charge in [0.05, 0.1) is 20.9 Å². The van der Waals surface area contributed by atoms with Crippen molar-refractivity contribution in [2.24, 2.45) is 0 Å². The zero-order valence-corrected chi connectivity index (χ0v) is 19.4. The number of likely N-dealkylation sites (N-methyl/N-ethyl adjacent to an activating group) is 1. The van der Waals surface area contributed by atoms with Gasteiger partial charge < -0.3 is 15.1 Å². The van der Waals surface area contributed by atoms with Crippen LogP contribution in [0.25, 0.3) is 10.2 Å². The molecule has 0 aliphatic carbocycles. The standard InChI is InChI=1S/C22H25FN4O3S2/c1-26-10-12-27(13-11-26)22-25-19-9-6-17(15-20(19)31-22)24-21(28)3-2-14-32(29,30)18-7-4-16(23)5-8-18/h4-9,15H,2-3,10-14H2,1H3,(H,24,28). The molecular weight excluding hydrogens is 451 g/mol. The highest BCUT2D eigenvalue weighted by Gasteiger charge is 2.18. The van der Waals surface area contributed by atoms with Crippen LogP contribution in [0.15, 0.2) is 47.4 Å². The number of rotatable bonds is 7. The lowest BCUT2D eigenvalue weighted by Crippen LogP contribution is -2.44. The fraction of sp³-hybridized carbons (Fsp3) is 0.364. The second-order valence-electron chi connectivity index (χ2n) is 7.89. The highest BCUT2D eigenvalue weighted by molar-refractivity contribution is 7.91. The van der Waals surface area contributed by atoms with E-state index in [2.05, 4.69) is 22.2 Å². The van der Waals surface area contributed by atoms with E-state index in [9.17, 15) is 17.6 Å². The van der Waals surface area contributed by atoms with Crippen molar-refractivity contribution in [2.75, 3.05) is 49.2 Å². The molecule has 2 aromatic carbocycles. The van der Waals surface area contributed by atoms with Crippen molar-refractivity contribution in [3.63, 3.8) is 0 Å². The van der Waals surface area contributed by atoms with E-state index in [4.69, 9.17) is 4.98 Å². The van der Waals surface area contributed by atoms with E-state index < -0.39 is 15.7 Å². The van der Waals surface area contributed by atoms with E-state index in [1.165, 1.54) is 12.1 Å². The van der Waals surface area contributed by atoms with Gasteiger partial charge in [0.25, 0.3) is 0 Å². The van der Waals surface area contributed by atoms with E-state index >= 15 is 0 Å². The molecule has 1 N–H and O–H groups in total. The number of benzene rings is 2. The maximum atomic E-state index is 13.0. The van der Waals surface area contributed by atoms with Gasteiger partial charge in [-0.05, 0) is 55.9 Å². The number of nitrogens with zero attached hydrogens (tertiary/aromatic N) is 3. The fourth-order valence-electron chi connectivity index (χ4n) is 3.53. The minimum absolute atomic E-state index is 0.0612. The molecule has 1 aliphatic heterocycles. The Balaban J connectivity index is 1.32. The van der Waals surface area contributed by atoms with Crippen molar-refractivity contribution in [3.8, 4) is 0 Å². The highest BCUT2D eigenvalue weighted by Crippen LogP contribution is 2.31. The van der Waals surface area contributed by atoms with Gasteiger partial charge in [-0.25, -0.2) is 17.8 Å². The first-order chi connectivity index (χ1) is 15.3. The first kappa shape index (κ1) is 22.6. The number of thiazole rings is 1. The smallest absolute Gasteiger partial charge is 0.224 e. The van der Waals surface area contributed by atoms with E-state index in [-0.39, 0.29) is 29.4 Å². The summed E-state index contributed by atoms with van der Waals surface area (Å²) in [5, 5.41) is 3.83. The van der Waals surface area contributed by atoms with Crippen molar-refractivity contribution >= 4 is 48.1 Å². The number of carbonyl (C=O) groups is 1. The fourth-order valence-corrected chi connectivity index (χ4v) is 5.90. The summed E-state index contributed by atoms with van der Waals surface area (Å²) in [5.74, 6) is -0.909. The van der Waals surface area contributed by atoms with Crippen LogP contribution in [0.1, 0.15) is 12.8 Å². The van der Waals surface area contributed by atoms with Crippen molar-refractivity contribution < 1.29 is 17.6 Å². The molecule has 0 spiro atoms. The number of hydrogen-bond acceptors (Lipinski definition) is 7. The molecule has 4 rings (SSSR count). The first-order valence-corrected chi connectivity index (χ1v) is 12.9.